The normalized spacial score (nSPS) is 11.1. The van der Waals surface area contributed by atoms with Crippen molar-refractivity contribution in [3.8, 4) is 0 Å². The second-order valence-electron chi connectivity index (χ2n) is 4.73. The zero-order valence-electron chi connectivity index (χ0n) is 12.1. The van der Waals surface area contributed by atoms with Crippen molar-refractivity contribution in [2.24, 2.45) is 0 Å². The number of benzene rings is 1. The van der Waals surface area contributed by atoms with Crippen molar-refractivity contribution < 1.29 is 8.42 Å². The fraction of sp³-hybridized carbons (Fsp3) is 0.267. The molecule has 0 saturated heterocycles. The molecule has 1 heterocycles. The zero-order valence-corrected chi connectivity index (χ0v) is 12.9. The molecular weight excluding hydrogens is 286 g/mol. The van der Waals surface area contributed by atoms with Crippen molar-refractivity contribution in [2.75, 3.05) is 16.6 Å². The molecule has 0 saturated carbocycles. The van der Waals surface area contributed by atoms with E-state index in [0.717, 1.165) is 18.7 Å². The summed E-state index contributed by atoms with van der Waals surface area (Å²) in [6, 6.07) is 10.3. The summed E-state index contributed by atoms with van der Waals surface area (Å²) in [7, 11) is -3.61. The van der Waals surface area contributed by atoms with E-state index >= 15 is 0 Å². The van der Waals surface area contributed by atoms with Crippen LogP contribution in [0.2, 0.25) is 0 Å². The van der Waals surface area contributed by atoms with E-state index in [4.69, 9.17) is 0 Å². The van der Waals surface area contributed by atoms with E-state index in [9.17, 15) is 8.42 Å². The Labute approximate surface area is 125 Å². The van der Waals surface area contributed by atoms with Gasteiger partial charge in [0, 0.05) is 6.54 Å². The standard InChI is InChI=1S/C15H19N3O2S/c1-3-10-16-13-8-9-15(17-11-13)18-21(19,20)14-7-5-4-6-12(14)2/h4-9,11,16H,3,10H2,1-2H3,(H,17,18). The Bertz CT molecular complexity index is 697. The van der Waals surface area contributed by atoms with Gasteiger partial charge < -0.3 is 5.32 Å². The first-order chi connectivity index (χ1) is 10.0. The summed E-state index contributed by atoms with van der Waals surface area (Å²) in [6.07, 6.45) is 2.63. The molecule has 2 N–H and O–H groups in total. The Kier molecular flexibility index (Phi) is 4.80. The molecular formula is C15H19N3O2S. The van der Waals surface area contributed by atoms with E-state index in [1.54, 1.807) is 49.5 Å². The van der Waals surface area contributed by atoms with E-state index in [1.807, 2.05) is 0 Å². The van der Waals surface area contributed by atoms with Crippen molar-refractivity contribution in [2.45, 2.75) is 25.2 Å². The quantitative estimate of drug-likeness (QED) is 0.860. The highest BCUT2D eigenvalue weighted by atomic mass is 32.2. The summed E-state index contributed by atoms with van der Waals surface area (Å²) in [5.74, 6) is 0.306. The lowest BCUT2D eigenvalue weighted by molar-refractivity contribution is 0.600. The third-order valence-corrected chi connectivity index (χ3v) is 4.48. The minimum atomic E-state index is -3.61. The second-order valence-corrected chi connectivity index (χ2v) is 6.38. The van der Waals surface area contributed by atoms with Crippen LogP contribution in [0.5, 0.6) is 0 Å². The molecule has 2 rings (SSSR count). The lowest BCUT2D eigenvalue weighted by Crippen LogP contribution is -2.15. The monoisotopic (exact) mass is 305 g/mol. The molecule has 0 spiro atoms. The van der Waals surface area contributed by atoms with Gasteiger partial charge in [0.05, 0.1) is 16.8 Å². The van der Waals surface area contributed by atoms with Crippen molar-refractivity contribution >= 4 is 21.5 Å². The number of anilines is 2. The van der Waals surface area contributed by atoms with Gasteiger partial charge in [-0.25, -0.2) is 13.4 Å². The highest BCUT2D eigenvalue weighted by molar-refractivity contribution is 7.92. The van der Waals surface area contributed by atoms with E-state index < -0.39 is 10.0 Å². The van der Waals surface area contributed by atoms with Crippen molar-refractivity contribution in [1.82, 2.24) is 4.98 Å². The molecule has 0 unspecified atom stereocenters. The lowest BCUT2D eigenvalue weighted by atomic mass is 10.2. The van der Waals surface area contributed by atoms with Crippen LogP contribution in [0.1, 0.15) is 18.9 Å². The minimum Gasteiger partial charge on any atom is -0.384 e. The fourth-order valence-corrected chi connectivity index (χ4v) is 3.13. The molecule has 0 aliphatic heterocycles. The summed E-state index contributed by atoms with van der Waals surface area (Å²) in [5, 5.41) is 3.19. The van der Waals surface area contributed by atoms with Gasteiger partial charge in [-0.15, -0.1) is 0 Å². The number of hydrogen-bond acceptors (Lipinski definition) is 4. The van der Waals surface area contributed by atoms with Gasteiger partial charge in [-0.2, -0.15) is 0 Å². The summed E-state index contributed by atoms with van der Waals surface area (Å²) in [6.45, 7) is 4.70. The number of hydrogen-bond donors (Lipinski definition) is 2. The maximum atomic E-state index is 12.3. The summed E-state index contributed by atoms with van der Waals surface area (Å²) in [5.41, 5.74) is 1.57. The molecule has 5 nitrogen and oxygen atoms in total. The van der Waals surface area contributed by atoms with E-state index in [1.165, 1.54) is 0 Å². The average Bonchev–Trinajstić information content (AvgIpc) is 2.46. The number of rotatable bonds is 6. The molecule has 21 heavy (non-hydrogen) atoms. The summed E-state index contributed by atoms with van der Waals surface area (Å²) < 4.78 is 27.1. The third kappa shape index (κ3) is 3.95. The average molecular weight is 305 g/mol. The van der Waals surface area contributed by atoms with Gasteiger partial charge in [0.2, 0.25) is 0 Å². The molecule has 0 aliphatic carbocycles. The molecule has 1 aromatic heterocycles. The second kappa shape index (κ2) is 6.58. The molecule has 0 radical (unpaired) electrons. The van der Waals surface area contributed by atoms with Crippen LogP contribution in [-0.4, -0.2) is 19.9 Å². The Morgan fingerprint density at radius 2 is 1.90 bits per heavy atom. The Hall–Kier alpha value is -2.08. The number of sulfonamides is 1. The number of nitrogens with zero attached hydrogens (tertiary/aromatic N) is 1. The van der Waals surface area contributed by atoms with Crippen LogP contribution in [0.25, 0.3) is 0 Å². The first-order valence-electron chi connectivity index (χ1n) is 6.81. The Morgan fingerprint density at radius 3 is 2.52 bits per heavy atom. The number of aryl methyl sites for hydroxylation is 1. The molecule has 6 heteroatoms. The molecule has 1 aromatic carbocycles. The van der Waals surface area contributed by atoms with E-state index in [2.05, 4.69) is 21.9 Å². The van der Waals surface area contributed by atoms with Gasteiger partial charge >= 0.3 is 0 Å². The van der Waals surface area contributed by atoms with Crippen LogP contribution in [0.4, 0.5) is 11.5 Å². The molecule has 0 bridgehead atoms. The molecule has 0 fully saturated rings. The van der Waals surface area contributed by atoms with E-state index in [0.29, 0.717) is 11.4 Å². The van der Waals surface area contributed by atoms with Crippen LogP contribution < -0.4 is 10.0 Å². The van der Waals surface area contributed by atoms with Gasteiger partial charge in [-0.05, 0) is 37.1 Å². The van der Waals surface area contributed by atoms with Crippen LogP contribution in [0.3, 0.4) is 0 Å². The predicted octanol–water partition coefficient (Wildman–Crippen LogP) is 3.01. The Balaban J connectivity index is 2.16. The van der Waals surface area contributed by atoms with Crippen LogP contribution in [0, 0.1) is 6.92 Å². The van der Waals surface area contributed by atoms with Crippen molar-refractivity contribution in [3.05, 3.63) is 48.2 Å². The summed E-state index contributed by atoms with van der Waals surface area (Å²) in [4.78, 5) is 4.38. The maximum absolute atomic E-state index is 12.3. The Morgan fingerprint density at radius 1 is 1.14 bits per heavy atom. The third-order valence-electron chi connectivity index (χ3n) is 2.96. The van der Waals surface area contributed by atoms with E-state index in [-0.39, 0.29) is 4.90 Å². The molecule has 0 aliphatic rings. The highest BCUT2D eigenvalue weighted by Gasteiger charge is 2.16. The fourth-order valence-electron chi connectivity index (χ4n) is 1.88. The molecule has 112 valence electrons. The largest absolute Gasteiger partial charge is 0.384 e. The maximum Gasteiger partial charge on any atom is 0.263 e. The number of pyridine rings is 1. The van der Waals surface area contributed by atoms with Gasteiger partial charge in [0.15, 0.2) is 0 Å². The van der Waals surface area contributed by atoms with Crippen LogP contribution in [0.15, 0.2) is 47.5 Å². The number of aromatic nitrogens is 1. The van der Waals surface area contributed by atoms with Gasteiger partial charge in [0.25, 0.3) is 10.0 Å². The SMILES string of the molecule is CCCNc1ccc(NS(=O)(=O)c2ccccc2C)nc1. The van der Waals surface area contributed by atoms with Gasteiger partial charge in [-0.1, -0.05) is 25.1 Å². The first kappa shape index (κ1) is 15.3. The lowest BCUT2D eigenvalue weighted by Gasteiger charge is -2.10. The van der Waals surface area contributed by atoms with Crippen LogP contribution >= 0.6 is 0 Å². The molecule has 2 aromatic rings. The molecule has 0 atom stereocenters. The number of nitrogens with one attached hydrogen (secondary N) is 2. The highest BCUT2D eigenvalue weighted by Crippen LogP contribution is 2.18. The van der Waals surface area contributed by atoms with Gasteiger partial charge in [0.1, 0.15) is 5.82 Å². The van der Waals surface area contributed by atoms with Crippen molar-refractivity contribution in [3.63, 3.8) is 0 Å². The van der Waals surface area contributed by atoms with Crippen molar-refractivity contribution in [1.29, 1.82) is 0 Å². The topological polar surface area (TPSA) is 71.1 Å². The minimum absolute atomic E-state index is 0.264. The molecule has 0 amide bonds. The zero-order chi connectivity index (χ0) is 15.3. The predicted molar refractivity (Wildman–Crippen MR) is 85.0 cm³/mol. The van der Waals surface area contributed by atoms with Gasteiger partial charge in [-0.3, -0.25) is 4.72 Å². The first-order valence-corrected chi connectivity index (χ1v) is 8.29. The smallest absolute Gasteiger partial charge is 0.263 e. The van der Waals surface area contributed by atoms with Crippen LogP contribution in [-0.2, 0) is 10.0 Å². The summed E-state index contributed by atoms with van der Waals surface area (Å²) >= 11 is 0.